The molecule has 3 aliphatic rings. The van der Waals surface area contributed by atoms with E-state index in [-0.39, 0.29) is 6.04 Å². The highest BCUT2D eigenvalue weighted by Gasteiger charge is 2.40. The zero-order valence-corrected chi connectivity index (χ0v) is 13.9. The van der Waals surface area contributed by atoms with Crippen LogP contribution >= 0.6 is 0 Å². The van der Waals surface area contributed by atoms with Gasteiger partial charge >= 0.3 is 0 Å². The molecule has 122 valence electrons. The van der Waals surface area contributed by atoms with Crippen molar-refractivity contribution in [2.24, 2.45) is 17.8 Å². The molecule has 2 aliphatic carbocycles. The first kappa shape index (κ1) is 15.7. The summed E-state index contributed by atoms with van der Waals surface area (Å²) in [4.78, 5) is 0. The van der Waals surface area contributed by atoms with E-state index >= 15 is 0 Å². The van der Waals surface area contributed by atoms with Crippen molar-refractivity contribution in [1.82, 2.24) is 14.3 Å². The number of fused-ring (bicyclic) bond motifs is 2. The van der Waals surface area contributed by atoms with Crippen LogP contribution in [0, 0.1) is 17.8 Å². The van der Waals surface area contributed by atoms with E-state index in [9.17, 15) is 8.42 Å². The van der Waals surface area contributed by atoms with Crippen LogP contribution in [0.15, 0.2) is 0 Å². The van der Waals surface area contributed by atoms with Gasteiger partial charge in [-0.2, -0.15) is 12.7 Å². The Morgan fingerprint density at radius 2 is 1.95 bits per heavy atom. The first-order valence-corrected chi connectivity index (χ1v) is 9.95. The fraction of sp³-hybridized carbons (Fsp3) is 1.00. The number of hydrogen-bond donors (Lipinski definition) is 2. The maximum Gasteiger partial charge on any atom is 0.279 e. The van der Waals surface area contributed by atoms with Crippen molar-refractivity contribution in [2.45, 2.75) is 51.0 Å². The van der Waals surface area contributed by atoms with Gasteiger partial charge in [-0.3, -0.25) is 0 Å². The van der Waals surface area contributed by atoms with E-state index in [1.54, 1.807) is 4.31 Å². The van der Waals surface area contributed by atoms with Crippen molar-refractivity contribution in [1.29, 1.82) is 0 Å². The Balaban J connectivity index is 1.57. The largest absolute Gasteiger partial charge is 0.318 e. The average Bonchev–Trinajstić information content (AvgIpc) is 3.09. The summed E-state index contributed by atoms with van der Waals surface area (Å²) in [5.74, 6) is 2.22. The van der Waals surface area contributed by atoms with E-state index in [0.29, 0.717) is 19.0 Å². The standard InChI is InChI=1S/C15H29N3O2S/c1-16-11-15-4-2-3-7-18(15)21(19,20)17-10-14-9-12-5-6-13(14)8-12/h12-17H,2-11H2,1H3. The minimum atomic E-state index is -3.32. The van der Waals surface area contributed by atoms with Gasteiger partial charge in [-0.15, -0.1) is 0 Å². The van der Waals surface area contributed by atoms with Gasteiger partial charge in [0.25, 0.3) is 10.2 Å². The van der Waals surface area contributed by atoms with Crippen LogP contribution in [-0.4, -0.2) is 45.4 Å². The molecule has 5 nitrogen and oxygen atoms in total. The third-order valence-electron chi connectivity index (χ3n) is 5.73. The lowest BCUT2D eigenvalue weighted by Crippen LogP contribution is -2.52. The van der Waals surface area contributed by atoms with Crippen LogP contribution in [0.4, 0.5) is 0 Å². The Morgan fingerprint density at radius 3 is 2.62 bits per heavy atom. The minimum absolute atomic E-state index is 0.112. The molecule has 0 aromatic carbocycles. The summed E-state index contributed by atoms with van der Waals surface area (Å²) in [5.41, 5.74) is 0. The molecule has 0 aromatic heterocycles. The summed E-state index contributed by atoms with van der Waals surface area (Å²) in [7, 11) is -1.42. The Labute approximate surface area is 129 Å². The number of nitrogens with one attached hydrogen (secondary N) is 2. The molecular weight excluding hydrogens is 286 g/mol. The second-order valence-corrected chi connectivity index (χ2v) is 8.81. The Bertz CT molecular complexity index is 452. The highest BCUT2D eigenvalue weighted by atomic mass is 32.2. The summed E-state index contributed by atoms with van der Waals surface area (Å²) in [6.45, 7) is 2.06. The van der Waals surface area contributed by atoms with Gasteiger partial charge in [0.15, 0.2) is 0 Å². The molecule has 1 heterocycles. The topological polar surface area (TPSA) is 61.4 Å². The first-order valence-electron chi connectivity index (χ1n) is 8.51. The fourth-order valence-corrected chi connectivity index (χ4v) is 6.18. The van der Waals surface area contributed by atoms with E-state index in [1.165, 1.54) is 25.7 Å². The van der Waals surface area contributed by atoms with Crippen molar-refractivity contribution in [3.8, 4) is 0 Å². The van der Waals surface area contributed by atoms with Crippen molar-refractivity contribution in [3.05, 3.63) is 0 Å². The van der Waals surface area contributed by atoms with Gasteiger partial charge in [0.1, 0.15) is 0 Å². The van der Waals surface area contributed by atoms with E-state index in [2.05, 4.69) is 10.0 Å². The molecule has 1 aliphatic heterocycles. The van der Waals surface area contributed by atoms with E-state index < -0.39 is 10.2 Å². The lowest BCUT2D eigenvalue weighted by molar-refractivity contribution is 0.243. The molecule has 0 radical (unpaired) electrons. The number of rotatable bonds is 6. The number of likely N-dealkylation sites (N-methyl/N-ethyl adjacent to an activating group) is 1. The zero-order chi connectivity index (χ0) is 14.9. The summed E-state index contributed by atoms with van der Waals surface area (Å²) >= 11 is 0. The average molecular weight is 315 g/mol. The van der Waals surface area contributed by atoms with Crippen molar-refractivity contribution < 1.29 is 8.42 Å². The molecule has 4 atom stereocenters. The molecule has 1 saturated heterocycles. The summed E-state index contributed by atoms with van der Waals surface area (Å²) < 4.78 is 29.9. The quantitative estimate of drug-likeness (QED) is 0.777. The molecule has 3 fully saturated rings. The Kier molecular flexibility index (Phi) is 4.88. The maximum atomic E-state index is 12.6. The van der Waals surface area contributed by atoms with E-state index in [4.69, 9.17) is 0 Å². The predicted octanol–water partition coefficient (Wildman–Crippen LogP) is 1.33. The molecule has 3 rings (SSSR count). The van der Waals surface area contributed by atoms with Crippen LogP contribution in [0.1, 0.15) is 44.9 Å². The summed E-state index contributed by atoms with van der Waals surface area (Å²) in [6.07, 6.45) is 8.31. The Morgan fingerprint density at radius 1 is 1.10 bits per heavy atom. The molecule has 2 N–H and O–H groups in total. The molecule has 0 spiro atoms. The van der Waals surface area contributed by atoms with E-state index in [1.807, 2.05) is 7.05 Å². The highest BCUT2D eigenvalue weighted by molar-refractivity contribution is 7.87. The normalized spacial score (nSPS) is 37.2. The molecule has 21 heavy (non-hydrogen) atoms. The van der Waals surface area contributed by atoms with Gasteiger partial charge in [0.2, 0.25) is 0 Å². The van der Waals surface area contributed by atoms with Crippen LogP contribution < -0.4 is 10.0 Å². The van der Waals surface area contributed by atoms with Crippen LogP contribution in [0.3, 0.4) is 0 Å². The second kappa shape index (κ2) is 6.52. The van der Waals surface area contributed by atoms with Gasteiger partial charge < -0.3 is 5.32 Å². The highest BCUT2D eigenvalue weighted by Crippen LogP contribution is 2.48. The lowest BCUT2D eigenvalue weighted by atomic mass is 9.89. The Hall–Kier alpha value is -0.170. The summed E-state index contributed by atoms with van der Waals surface area (Å²) in [6, 6.07) is 0.112. The van der Waals surface area contributed by atoms with Crippen molar-refractivity contribution in [3.63, 3.8) is 0 Å². The van der Waals surface area contributed by atoms with Crippen LogP contribution in [0.2, 0.25) is 0 Å². The predicted molar refractivity (Wildman–Crippen MR) is 84.1 cm³/mol. The third-order valence-corrected chi connectivity index (χ3v) is 7.36. The molecule has 6 heteroatoms. The zero-order valence-electron chi connectivity index (χ0n) is 13.1. The van der Waals surface area contributed by atoms with Crippen molar-refractivity contribution in [2.75, 3.05) is 26.7 Å². The molecule has 2 saturated carbocycles. The van der Waals surface area contributed by atoms with Gasteiger partial charge in [0, 0.05) is 25.7 Å². The monoisotopic (exact) mass is 315 g/mol. The van der Waals surface area contributed by atoms with Crippen LogP contribution in [-0.2, 0) is 10.2 Å². The third kappa shape index (κ3) is 3.44. The minimum Gasteiger partial charge on any atom is -0.318 e. The molecule has 4 unspecified atom stereocenters. The number of nitrogens with zero attached hydrogens (tertiary/aromatic N) is 1. The molecular formula is C15H29N3O2S. The lowest BCUT2D eigenvalue weighted by Gasteiger charge is -2.35. The second-order valence-electron chi connectivity index (χ2n) is 7.11. The molecule has 0 amide bonds. The van der Waals surface area contributed by atoms with Gasteiger partial charge in [0.05, 0.1) is 0 Å². The van der Waals surface area contributed by atoms with Crippen LogP contribution in [0.25, 0.3) is 0 Å². The SMILES string of the molecule is CNCC1CCCCN1S(=O)(=O)NCC1CC2CCC1C2. The molecule has 2 bridgehead atoms. The van der Waals surface area contributed by atoms with E-state index in [0.717, 1.165) is 37.6 Å². The van der Waals surface area contributed by atoms with Gasteiger partial charge in [-0.1, -0.05) is 12.8 Å². The maximum absolute atomic E-state index is 12.6. The van der Waals surface area contributed by atoms with Gasteiger partial charge in [-0.25, -0.2) is 4.72 Å². The summed E-state index contributed by atoms with van der Waals surface area (Å²) in [5, 5.41) is 3.12. The number of hydrogen-bond acceptors (Lipinski definition) is 3. The first-order chi connectivity index (χ1) is 10.1. The van der Waals surface area contributed by atoms with Crippen molar-refractivity contribution >= 4 is 10.2 Å². The van der Waals surface area contributed by atoms with Crippen LogP contribution in [0.5, 0.6) is 0 Å². The fourth-order valence-electron chi connectivity index (χ4n) is 4.65. The smallest absolute Gasteiger partial charge is 0.279 e. The van der Waals surface area contributed by atoms with Gasteiger partial charge in [-0.05, 0) is 56.9 Å². The molecule has 0 aromatic rings. The number of piperidine rings is 1.